The van der Waals surface area contributed by atoms with Crippen molar-refractivity contribution in [1.82, 2.24) is 10.0 Å². The van der Waals surface area contributed by atoms with Crippen molar-refractivity contribution in [3.8, 4) is 5.75 Å². The van der Waals surface area contributed by atoms with Crippen LogP contribution < -0.4 is 14.8 Å². The van der Waals surface area contributed by atoms with Gasteiger partial charge in [-0.25, -0.2) is 13.1 Å². The highest BCUT2D eigenvalue weighted by Gasteiger charge is 2.14. The van der Waals surface area contributed by atoms with Crippen LogP contribution in [0.2, 0.25) is 0 Å². The zero-order valence-electron chi connectivity index (χ0n) is 14.9. The lowest BCUT2D eigenvalue weighted by molar-refractivity contribution is -0.123. The van der Waals surface area contributed by atoms with Gasteiger partial charge in [0.15, 0.2) is 6.61 Å². The van der Waals surface area contributed by atoms with Crippen LogP contribution in [0, 0.1) is 0 Å². The van der Waals surface area contributed by atoms with E-state index in [0.29, 0.717) is 18.7 Å². The monoisotopic (exact) mass is 376 g/mol. The third-order valence-corrected chi connectivity index (χ3v) is 5.15. The highest BCUT2D eigenvalue weighted by molar-refractivity contribution is 7.89. The van der Waals surface area contributed by atoms with Gasteiger partial charge in [-0.15, -0.1) is 0 Å². The summed E-state index contributed by atoms with van der Waals surface area (Å²) in [7, 11) is -3.48. The van der Waals surface area contributed by atoms with Crippen LogP contribution in [0.3, 0.4) is 0 Å². The van der Waals surface area contributed by atoms with Gasteiger partial charge in [0.25, 0.3) is 5.91 Å². The molecule has 2 aromatic rings. The van der Waals surface area contributed by atoms with E-state index in [0.717, 1.165) is 5.56 Å². The van der Waals surface area contributed by atoms with E-state index < -0.39 is 10.0 Å². The molecule has 0 unspecified atom stereocenters. The van der Waals surface area contributed by atoms with E-state index in [-0.39, 0.29) is 23.5 Å². The molecule has 0 radical (unpaired) electrons. The minimum absolute atomic E-state index is 0.0396. The maximum atomic E-state index is 12.1. The second-order valence-corrected chi connectivity index (χ2v) is 7.84. The summed E-state index contributed by atoms with van der Waals surface area (Å²) >= 11 is 0. The number of carbonyl (C=O) groups is 1. The van der Waals surface area contributed by atoms with Gasteiger partial charge in [-0.1, -0.05) is 30.3 Å². The zero-order chi connectivity index (χ0) is 19.0. The van der Waals surface area contributed by atoms with Crippen molar-refractivity contribution >= 4 is 15.9 Å². The molecule has 7 heteroatoms. The number of nitrogens with one attached hydrogen (secondary N) is 2. The fraction of sp³-hybridized carbons (Fsp3) is 0.316. The van der Waals surface area contributed by atoms with Gasteiger partial charge in [-0.2, -0.15) is 0 Å². The lowest BCUT2D eigenvalue weighted by Crippen LogP contribution is -2.30. The largest absolute Gasteiger partial charge is 0.484 e. The fourth-order valence-corrected chi connectivity index (χ4v) is 3.53. The van der Waals surface area contributed by atoms with Gasteiger partial charge in [-0.05, 0) is 50.1 Å². The van der Waals surface area contributed by atoms with E-state index in [9.17, 15) is 13.2 Å². The highest BCUT2D eigenvalue weighted by Crippen LogP contribution is 2.11. The molecule has 0 aliphatic carbocycles. The number of hydrogen-bond donors (Lipinski definition) is 2. The second kappa shape index (κ2) is 9.35. The van der Waals surface area contributed by atoms with Gasteiger partial charge in [0.1, 0.15) is 5.75 Å². The second-order valence-electron chi connectivity index (χ2n) is 6.12. The average molecular weight is 376 g/mol. The molecule has 1 amide bonds. The maximum Gasteiger partial charge on any atom is 0.257 e. The Balaban J connectivity index is 1.76. The molecule has 26 heavy (non-hydrogen) atoms. The Bertz CT molecular complexity index is 803. The molecule has 0 aliphatic rings. The molecular formula is C19H24N2O4S. The van der Waals surface area contributed by atoms with Crippen LogP contribution in [-0.4, -0.2) is 33.5 Å². The summed E-state index contributed by atoms with van der Waals surface area (Å²) in [4.78, 5) is 12.0. The van der Waals surface area contributed by atoms with Gasteiger partial charge in [0.05, 0.1) is 4.90 Å². The fourth-order valence-electron chi connectivity index (χ4n) is 2.28. The Hall–Kier alpha value is -2.38. The van der Waals surface area contributed by atoms with Gasteiger partial charge in [-0.3, -0.25) is 4.79 Å². The van der Waals surface area contributed by atoms with Crippen LogP contribution in [-0.2, 0) is 21.2 Å². The maximum absolute atomic E-state index is 12.1. The Kier molecular flexibility index (Phi) is 7.17. The smallest absolute Gasteiger partial charge is 0.257 e. The molecule has 0 heterocycles. The van der Waals surface area contributed by atoms with Gasteiger partial charge < -0.3 is 10.1 Å². The first kappa shape index (κ1) is 19.9. The molecule has 0 bridgehead atoms. The molecule has 0 atom stereocenters. The highest BCUT2D eigenvalue weighted by atomic mass is 32.2. The van der Waals surface area contributed by atoms with Crippen LogP contribution in [0.1, 0.15) is 19.4 Å². The van der Waals surface area contributed by atoms with Crippen LogP contribution in [0.25, 0.3) is 0 Å². The Labute approximate surface area is 154 Å². The van der Waals surface area contributed by atoms with E-state index >= 15 is 0 Å². The minimum atomic E-state index is -3.48. The Morgan fingerprint density at radius 2 is 1.69 bits per heavy atom. The number of benzene rings is 2. The number of ether oxygens (including phenoxy) is 1. The van der Waals surface area contributed by atoms with Crippen LogP contribution in [0.15, 0.2) is 59.5 Å². The summed E-state index contributed by atoms with van der Waals surface area (Å²) in [6, 6.07) is 15.6. The summed E-state index contributed by atoms with van der Waals surface area (Å²) in [5.74, 6) is 0.448. The van der Waals surface area contributed by atoms with E-state index in [4.69, 9.17) is 4.74 Å². The van der Waals surface area contributed by atoms with Crippen molar-refractivity contribution in [1.29, 1.82) is 0 Å². The standard InChI is InChI=1S/C19H24N2O4S/c1-15(2)21-26(23,24)18-10-8-16(9-11-18)12-13-20-19(22)14-25-17-6-4-3-5-7-17/h3-11,15,21H,12-14H2,1-2H3,(H,20,22). The minimum Gasteiger partial charge on any atom is -0.484 e. The van der Waals surface area contributed by atoms with E-state index in [1.807, 2.05) is 18.2 Å². The molecule has 2 aromatic carbocycles. The third-order valence-electron chi connectivity index (χ3n) is 3.47. The van der Waals surface area contributed by atoms with Crippen molar-refractivity contribution in [2.45, 2.75) is 31.2 Å². The van der Waals surface area contributed by atoms with Crippen molar-refractivity contribution in [2.24, 2.45) is 0 Å². The first-order valence-electron chi connectivity index (χ1n) is 8.42. The van der Waals surface area contributed by atoms with Crippen molar-refractivity contribution in [2.75, 3.05) is 13.2 Å². The molecule has 0 saturated carbocycles. The number of hydrogen-bond acceptors (Lipinski definition) is 4. The number of para-hydroxylation sites is 1. The number of rotatable bonds is 9. The van der Waals surface area contributed by atoms with Crippen LogP contribution >= 0.6 is 0 Å². The summed E-state index contributed by atoms with van der Waals surface area (Å²) in [6.07, 6.45) is 0.606. The predicted molar refractivity (Wildman–Crippen MR) is 101 cm³/mol. The predicted octanol–water partition coefficient (Wildman–Crippen LogP) is 2.11. The van der Waals surface area contributed by atoms with Gasteiger partial charge in [0.2, 0.25) is 10.0 Å². The molecule has 2 N–H and O–H groups in total. The summed E-state index contributed by atoms with van der Waals surface area (Å²) in [5.41, 5.74) is 0.942. The van der Waals surface area contributed by atoms with E-state index in [1.54, 1.807) is 50.2 Å². The quantitative estimate of drug-likeness (QED) is 0.702. The van der Waals surface area contributed by atoms with Crippen molar-refractivity contribution in [3.05, 3.63) is 60.2 Å². The molecule has 0 spiro atoms. The normalized spacial score (nSPS) is 11.3. The lowest BCUT2D eigenvalue weighted by atomic mass is 10.1. The van der Waals surface area contributed by atoms with Gasteiger partial charge in [0, 0.05) is 12.6 Å². The molecule has 140 valence electrons. The SMILES string of the molecule is CC(C)NS(=O)(=O)c1ccc(CCNC(=O)COc2ccccc2)cc1. The van der Waals surface area contributed by atoms with Gasteiger partial charge >= 0.3 is 0 Å². The molecule has 0 fully saturated rings. The first-order valence-corrected chi connectivity index (χ1v) is 9.91. The average Bonchev–Trinajstić information content (AvgIpc) is 2.60. The summed E-state index contributed by atoms with van der Waals surface area (Å²) in [5, 5.41) is 2.78. The van der Waals surface area contributed by atoms with Crippen LogP contribution in [0.5, 0.6) is 5.75 Å². The zero-order valence-corrected chi connectivity index (χ0v) is 15.8. The number of amides is 1. The molecular weight excluding hydrogens is 352 g/mol. The van der Waals surface area contributed by atoms with E-state index in [2.05, 4.69) is 10.0 Å². The summed E-state index contributed by atoms with van der Waals surface area (Å²) in [6.45, 7) is 3.96. The first-order chi connectivity index (χ1) is 12.4. The number of carbonyl (C=O) groups excluding carboxylic acids is 1. The molecule has 0 aromatic heterocycles. The number of sulfonamides is 1. The third kappa shape index (κ3) is 6.50. The lowest BCUT2D eigenvalue weighted by Gasteiger charge is -2.10. The Morgan fingerprint density at radius 3 is 2.31 bits per heavy atom. The molecule has 0 aliphatic heterocycles. The summed E-state index contributed by atoms with van der Waals surface area (Å²) < 4.78 is 32.0. The molecule has 6 nitrogen and oxygen atoms in total. The van der Waals surface area contributed by atoms with Crippen molar-refractivity contribution in [3.63, 3.8) is 0 Å². The molecule has 2 rings (SSSR count). The topological polar surface area (TPSA) is 84.5 Å². The Morgan fingerprint density at radius 1 is 1.04 bits per heavy atom. The van der Waals surface area contributed by atoms with Crippen LogP contribution in [0.4, 0.5) is 0 Å². The van der Waals surface area contributed by atoms with Crippen molar-refractivity contribution < 1.29 is 17.9 Å². The molecule has 0 saturated heterocycles. The van der Waals surface area contributed by atoms with E-state index in [1.165, 1.54) is 0 Å².